The van der Waals surface area contributed by atoms with E-state index in [1.165, 1.54) is 7.11 Å². The third-order valence-corrected chi connectivity index (χ3v) is 4.27. The van der Waals surface area contributed by atoms with Crippen LogP contribution in [0.1, 0.15) is 18.1 Å². The van der Waals surface area contributed by atoms with Crippen molar-refractivity contribution in [3.63, 3.8) is 0 Å². The van der Waals surface area contributed by atoms with Crippen LogP contribution in [-0.2, 0) is 29.1 Å². The molecule has 0 fully saturated rings. The van der Waals surface area contributed by atoms with Gasteiger partial charge in [-0.3, -0.25) is 4.79 Å². The number of fused-ring (bicyclic) bond motifs is 1. The molecule has 0 spiro atoms. The molecule has 7 heteroatoms. The van der Waals surface area contributed by atoms with Gasteiger partial charge in [-0.05, 0) is 30.7 Å². The van der Waals surface area contributed by atoms with E-state index in [1.807, 2.05) is 28.8 Å². The molecule has 0 N–H and O–H groups in total. The molecule has 1 atom stereocenters. The van der Waals surface area contributed by atoms with Gasteiger partial charge < -0.3 is 14.0 Å². The van der Waals surface area contributed by atoms with Gasteiger partial charge in [0.05, 0.1) is 13.0 Å². The Morgan fingerprint density at radius 2 is 2.14 bits per heavy atom. The minimum absolute atomic E-state index is 0.139. The number of methoxy groups -OCH3 is 1. The standard InChI is InChI=1S/C15H16BrN3O3/c1-21-15(20)10-2-7-13-17-18-14(19(13)8-10)9-22-12-5-3-11(16)4-6-12/h3-6,10H,2,7-9H2,1H3. The lowest BCUT2D eigenvalue weighted by atomic mass is 9.99. The number of aryl methyl sites for hydroxylation is 1. The number of rotatable bonds is 4. The Kier molecular flexibility index (Phi) is 4.42. The fourth-order valence-electron chi connectivity index (χ4n) is 2.53. The fourth-order valence-corrected chi connectivity index (χ4v) is 2.79. The first kappa shape index (κ1) is 15.0. The van der Waals surface area contributed by atoms with Crippen LogP contribution in [0.4, 0.5) is 0 Å². The molecule has 0 amide bonds. The summed E-state index contributed by atoms with van der Waals surface area (Å²) >= 11 is 3.39. The van der Waals surface area contributed by atoms with Gasteiger partial charge in [0.15, 0.2) is 5.82 Å². The molecule has 0 saturated heterocycles. The van der Waals surface area contributed by atoms with Crippen LogP contribution in [0.2, 0.25) is 0 Å². The van der Waals surface area contributed by atoms with Gasteiger partial charge in [0.25, 0.3) is 0 Å². The van der Waals surface area contributed by atoms with Crippen molar-refractivity contribution in [2.45, 2.75) is 26.0 Å². The molecule has 116 valence electrons. The van der Waals surface area contributed by atoms with Gasteiger partial charge in [-0.25, -0.2) is 0 Å². The van der Waals surface area contributed by atoms with E-state index in [0.29, 0.717) is 13.2 Å². The van der Waals surface area contributed by atoms with Gasteiger partial charge in [0, 0.05) is 17.4 Å². The zero-order chi connectivity index (χ0) is 15.5. The Morgan fingerprint density at radius 3 is 2.86 bits per heavy atom. The third-order valence-electron chi connectivity index (χ3n) is 3.74. The summed E-state index contributed by atoms with van der Waals surface area (Å²) in [5, 5.41) is 8.35. The summed E-state index contributed by atoms with van der Waals surface area (Å²) in [6, 6.07) is 7.60. The molecule has 1 aromatic carbocycles. The molecular weight excluding hydrogens is 350 g/mol. The third kappa shape index (κ3) is 3.14. The van der Waals surface area contributed by atoms with Crippen molar-refractivity contribution >= 4 is 21.9 Å². The normalized spacial score (nSPS) is 16.9. The number of benzene rings is 1. The van der Waals surface area contributed by atoms with Gasteiger partial charge in [-0.1, -0.05) is 15.9 Å². The van der Waals surface area contributed by atoms with E-state index in [1.54, 1.807) is 0 Å². The van der Waals surface area contributed by atoms with Crippen molar-refractivity contribution in [2.24, 2.45) is 5.92 Å². The quantitative estimate of drug-likeness (QED) is 0.778. The maximum Gasteiger partial charge on any atom is 0.310 e. The monoisotopic (exact) mass is 365 g/mol. The van der Waals surface area contributed by atoms with Crippen LogP contribution in [0.5, 0.6) is 5.75 Å². The van der Waals surface area contributed by atoms with E-state index < -0.39 is 0 Å². The lowest BCUT2D eigenvalue weighted by Crippen LogP contribution is -2.29. The Morgan fingerprint density at radius 1 is 1.36 bits per heavy atom. The molecule has 3 rings (SSSR count). The van der Waals surface area contributed by atoms with E-state index in [4.69, 9.17) is 9.47 Å². The average molecular weight is 366 g/mol. The van der Waals surface area contributed by atoms with E-state index in [2.05, 4.69) is 26.1 Å². The zero-order valence-electron chi connectivity index (χ0n) is 12.2. The number of carbonyl (C=O) groups is 1. The first-order valence-electron chi connectivity index (χ1n) is 7.04. The van der Waals surface area contributed by atoms with Gasteiger partial charge in [-0.2, -0.15) is 0 Å². The predicted octanol–water partition coefficient (Wildman–Crippen LogP) is 2.36. The maximum atomic E-state index is 11.7. The van der Waals surface area contributed by atoms with Crippen LogP contribution in [0, 0.1) is 5.92 Å². The van der Waals surface area contributed by atoms with E-state index >= 15 is 0 Å². The van der Waals surface area contributed by atoms with Gasteiger partial charge in [0.2, 0.25) is 0 Å². The molecule has 0 radical (unpaired) electrons. The number of halogens is 1. The summed E-state index contributed by atoms with van der Waals surface area (Å²) in [5.74, 6) is 2.07. The highest BCUT2D eigenvalue weighted by Gasteiger charge is 2.28. The number of hydrogen-bond donors (Lipinski definition) is 0. The summed E-state index contributed by atoms with van der Waals surface area (Å²) < 4.78 is 13.5. The highest BCUT2D eigenvalue weighted by atomic mass is 79.9. The lowest BCUT2D eigenvalue weighted by Gasteiger charge is -2.22. The summed E-state index contributed by atoms with van der Waals surface area (Å²) in [6.07, 6.45) is 1.48. The molecule has 1 unspecified atom stereocenters. The van der Waals surface area contributed by atoms with Crippen LogP contribution in [0.15, 0.2) is 28.7 Å². The molecular formula is C15H16BrN3O3. The Hall–Kier alpha value is -1.89. The van der Waals surface area contributed by atoms with Crippen molar-refractivity contribution < 1.29 is 14.3 Å². The van der Waals surface area contributed by atoms with E-state index in [-0.39, 0.29) is 11.9 Å². The highest BCUT2D eigenvalue weighted by molar-refractivity contribution is 9.10. The zero-order valence-corrected chi connectivity index (χ0v) is 13.7. The molecule has 2 heterocycles. The van der Waals surface area contributed by atoms with E-state index in [9.17, 15) is 4.79 Å². The molecule has 1 aliphatic heterocycles. The van der Waals surface area contributed by atoms with Crippen molar-refractivity contribution in [1.82, 2.24) is 14.8 Å². The van der Waals surface area contributed by atoms with E-state index in [0.717, 1.165) is 34.7 Å². The summed E-state index contributed by atoms with van der Waals surface area (Å²) in [5.41, 5.74) is 0. The Balaban J connectivity index is 1.70. The first-order chi connectivity index (χ1) is 10.7. The minimum Gasteiger partial charge on any atom is -0.486 e. The second kappa shape index (κ2) is 6.48. The smallest absolute Gasteiger partial charge is 0.310 e. The molecule has 1 aromatic heterocycles. The van der Waals surface area contributed by atoms with Gasteiger partial charge >= 0.3 is 5.97 Å². The number of hydrogen-bond acceptors (Lipinski definition) is 5. The predicted molar refractivity (Wildman–Crippen MR) is 82.3 cm³/mol. The second-order valence-corrected chi connectivity index (χ2v) is 6.06. The van der Waals surface area contributed by atoms with Crippen LogP contribution in [-0.4, -0.2) is 27.8 Å². The topological polar surface area (TPSA) is 66.2 Å². The average Bonchev–Trinajstić information content (AvgIpc) is 2.96. The second-order valence-electron chi connectivity index (χ2n) is 5.14. The Labute approximate surface area is 136 Å². The van der Waals surface area contributed by atoms with Gasteiger partial charge in [-0.15, -0.1) is 10.2 Å². The number of aromatic nitrogens is 3. The number of esters is 1. The highest BCUT2D eigenvalue weighted by Crippen LogP contribution is 2.22. The summed E-state index contributed by atoms with van der Waals surface area (Å²) in [4.78, 5) is 11.7. The lowest BCUT2D eigenvalue weighted by molar-refractivity contribution is -0.146. The summed E-state index contributed by atoms with van der Waals surface area (Å²) in [7, 11) is 1.42. The van der Waals surface area contributed by atoms with Crippen molar-refractivity contribution in [1.29, 1.82) is 0 Å². The van der Waals surface area contributed by atoms with Crippen molar-refractivity contribution in [3.8, 4) is 5.75 Å². The molecule has 22 heavy (non-hydrogen) atoms. The van der Waals surface area contributed by atoms with Gasteiger partial charge in [0.1, 0.15) is 18.2 Å². The molecule has 0 saturated carbocycles. The maximum absolute atomic E-state index is 11.7. The Bertz CT molecular complexity index is 669. The van der Waals surface area contributed by atoms with Crippen LogP contribution >= 0.6 is 15.9 Å². The van der Waals surface area contributed by atoms with Crippen LogP contribution in [0.25, 0.3) is 0 Å². The summed E-state index contributed by atoms with van der Waals surface area (Å²) in [6.45, 7) is 0.872. The SMILES string of the molecule is COC(=O)C1CCc2nnc(COc3ccc(Br)cc3)n2C1. The fraction of sp³-hybridized carbons (Fsp3) is 0.400. The van der Waals surface area contributed by atoms with Crippen molar-refractivity contribution in [3.05, 3.63) is 40.4 Å². The first-order valence-corrected chi connectivity index (χ1v) is 7.84. The van der Waals surface area contributed by atoms with Crippen LogP contribution in [0.3, 0.4) is 0 Å². The molecule has 0 bridgehead atoms. The molecule has 6 nitrogen and oxygen atoms in total. The molecule has 0 aliphatic carbocycles. The van der Waals surface area contributed by atoms with Crippen LogP contribution < -0.4 is 4.74 Å². The number of carbonyl (C=O) groups excluding carboxylic acids is 1. The molecule has 1 aliphatic rings. The minimum atomic E-state index is -0.181. The number of nitrogens with zero attached hydrogens (tertiary/aromatic N) is 3. The largest absolute Gasteiger partial charge is 0.486 e. The van der Waals surface area contributed by atoms with Crippen molar-refractivity contribution in [2.75, 3.05) is 7.11 Å². The molecule has 2 aromatic rings. The number of ether oxygens (including phenoxy) is 2.